The summed E-state index contributed by atoms with van der Waals surface area (Å²) in [5.41, 5.74) is 3.49. The summed E-state index contributed by atoms with van der Waals surface area (Å²) in [6.07, 6.45) is 6.68. The highest BCUT2D eigenvalue weighted by Crippen LogP contribution is 2.29. The molecule has 3 heterocycles. The lowest BCUT2D eigenvalue weighted by Gasteiger charge is -2.26. The minimum atomic E-state index is 0.0993. The number of benzene rings is 1. The summed E-state index contributed by atoms with van der Waals surface area (Å²) < 4.78 is 5.70. The second kappa shape index (κ2) is 8.97. The quantitative estimate of drug-likeness (QED) is 0.610. The van der Waals surface area contributed by atoms with Crippen LogP contribution in [0.2, 0.25) is 5.02 Å². The highest BCUT2D eigenvalue weighted by Gasteiger charge is 2.18. The van der Waals surface area contributed by atoms with Gasteiger partial charge in [-0.3, -0.25) is 4.98 Å². The van der Waals surface area contributed by atoms with Gasteiger partial charge in [-0.05, 0) is 51.9 Å². The summed E-state index contributed by atoms with van der Waals surface area (Å²) in [5.74, 6) is 1.27. The molecule has 1 fully saturated rings. The molecule has 3 N–H and O–H groups in total. The van der Waals surface area contributed by atoms with E-state index in [-0.39, 0.29) is 6.10 Å². The van der Waals surface area contributed by atoms with Gasteiger partial charge in [-0.25, -0.2) is 4.98 Å². The molecule has 29 heavy (non-hydrogen) atoms. The second-order valence-electron chi connectivity index (χ2n) is 7.74. The number of rotatable bonds is 7. The van der Waals surface area contributed by atoms with E-state index in [4.69, 9.17) is 21.3 Å². The van der Waals surface area contributed by atoms with E-state index in [2.05, 4.69) is 25.2 Å². The van der Waals surface area contributed by atoms with Crippen molar-refractivity contribution in [1.29, 1.82) is 0 Å². The number of ether oxygens (including phenoxy) is 1. The molecule has 2 aromatic heterocycles. The molecule has 1 aromatic carbocycles. The van der Waals surface area contributed by atoms with E-state index < -0.39 is 0 Å². The first-order chi connectivity index (χ1) is 14.1. The van der Waals surface area contributed by atoms with Crippen LogP contribution in [0.1, 0.15) is 38.8 Å². The van der Waals surface area contributed by atoms with E-state index in [0.29, 0.717) is 11.0 Å². The van der Waals surface area contributed by atoms with E-state index in [1.165, 1.54) is 32.4 Å². The van der Waals surface area contributed by atoms with Crippen molar-refractivity contribution >= 4 is 34.4 Å². The third-order valence-corrected chi connectivity index (χ3v) is 5.39. The Hall–Kier alpha value is -2.38. The summed E-state index contributed by atoms with van der Waals surface area (Å²) in [5, 5.41) is 3.83. The number of piperidine rings is 1. The molecule has 0 amide bonds. The topological polar surface area (TPSA) is 80.2 Å². The number of fused-ring (bicyclic) bond motifs is 1. The van der Waals surface area contributed by atoms with Crippen LogP contribution in [0.5, 0.6) is 5.75 Å². The normalized spacial score (nSPS) is 15.2. The zero-order valence-corrected chi connectivity index (χ0v) is 17.7. The van der Waals surface area contributed by atoms with E-state index in [1.807, 2.05) is 32.0 Å². The highest BCUT2D eigenvalue weighted by molar-refractivity contribution is 6.33. The monoisotopic (exact) mass is 415 g/mol. The Labute approximate surface area is 175 Å². The smallest absolute Gasteiger partial charge is 0.305 e. The Morgan fingerprint density at radius 1 is 1.24 bits per heavy atom. The van der Waals surface area contributed by atoms with Crippen LogP contribution in [0, 0.1) is 0 Å². The van der Waals surface area contributed by atoms with Crippen molar-refractivity contribution in [3.8, 4) is 5.75 Å². The number of imidazole rings is 1. The van der Waals surface area contributed by atoms with Crippen molar-refractivity contribution in [2.75, 3.05) is 25.0 Å². The van der Waals surface area contributed by atoms with Crippen LogP contribution >= 0.6 is 11.6 Å². The average Bonchev–Trinajstić information content (AvgIpc) is 3.17. The molecule has 0 spiro atoms. The minimum absolute atomic E-state index is 0.0993. The zero-order valence-electron chi connectivity index (χ0n) is 17.0. The largest absolute Gasteiger partial charge is 0.491 e. The summed E-state index contributed by atoms with van der Waals surface area (Å²) in [6, 6.07) is 5.59. The summed E-state index contributed by atoms with van der Waals surface area (Å²) in [7, 11) is 0. The first-order valence-corrected chi connectivity index (χ1v) is 10.7. The van der Waals surface area contributed by atoms with Crippen molar-refractivity contribution in [2.24, 2.45) is 0 Å². The summed E-state index contributed by atoms with van der Waals surface area (Å²) in [6.45, 7) is 7.34. The van der Waals surface area contributed by atoms with Gasteiger partial charge in [-0.15, -0.1) is 0 Å². The molecule has 0 saturated carbocycles. The molecule has 154 valence electrons. The maximum Gasteiger partial charge on any atom is 0.305 e. The molecule has 0 aliphatic carbocycles. The minimum Gasteiger partial charge on any atom is -0.491 e. The Balaban J connectivity index is 1.53. The lowest BCUT2D eigenvalue weighted by atomic mass is 10.1. The molecule has 0 radical (unpaired) electrons. The van der Waals surface area contributed by atoms with Gasteiger partial charge in [0.25, 0.3) is 0 Å². The lowest BCUT2D eigenvalue weighted by molar-refractivity contribution is -0.347. The number of H-pyrrole nitrogens is 2. The lowest BCUT2D eigenvalue weighted by Crippen LogP contribution is -2.31. The first-order valence-electron chi connectivity index (χ1n) is 10.3. The molecule has 8 heteroatoms. The SMILES string of the molecule is CC(C)Oc1ccc(Nc2nc(CCN3CCCCC3)c3[nH]c[nH+]c3n2)c(Cl)c1. The molecule has 4 rings (SSSR count). The molecule has 0 bridgehead atoms. The third kappa shape index (κ3) is 4.97. The molecule has 1 aliphatic heterocycles. The Morgan fingerprint density at radius 2 is 2.07 bits per heavy atom. The van der Waals surface area contributed by atoms with Crippen LogP contribution in [0.4, 0.5) is 11.6 Å². The predicted octanol–water partition coefficient (Wildman–Crippen LogP) is 3.98. The first kappa shape index (κ1) is 19.9. The number of nitrogens with zero attached hydrogens (tertiary/aromatic N) is 3. The molecule has 1 aliphatic rings. The standard InChI is InChI=1S/C21H27ClN6O/c1-14(2)29-15-6-7-17(16(22)12-15)25-21-26-18(19-20(27-21)24-13-23-19)8-11-28-9-4-3-5-10-28/h6-7,12-14H,3-5,8-11H2,1-2H3,(H2,23,24,25,26,27)/p+1. The molecule has 7 nitrogen and oxygen atoms in total. The van der Waals surface area contributed by atoms with Gasteiger partial charge in [0.15, 0.2) is 11.8 Å². The number of aromatic amines is 2. The van der Waals surface area contributed by atoms with Gasteiger partial charge in [0, 0.05) is 19.0 Å². The zero-order chi connectivity index (χ0) is 20.2. The molecule has 1 saturated heterocycles. The molecular weight excluding hydrogens is 388 g/mol. The second-order valence-corrected chi connectivity index (χ2v) is 8.14. The summed E-state index contributed by atoms with van der Waals surface area (Å²) >= 11 is 6.44. The van der Waals surface area contributed by atoms with Crippen LogP contribution in [0.25, 0.3) is 11.2 Å². The maximum absolute atomic E-state index is 6.44. The van der Waals surface area contributed by atoms with E-state index >= 15 is 0 Å². The molecule has 0 unspecified atom stereocenters. The van der Waals surface area contributed by atoms with Gasteiger partial charge in [0.2, 0.25) is 0 Å². The van der Waals surface area contributed by atoms with Crippen molar-refractivity contribution in [3.63, 3.8) is 0 Å². The van der Waals surface area contributed by atoms with Crippen molar-refractivity contribution in [1.82, 2.24) is 19.9 Å². The van der Waals surface area contributed by atoms with E-state index in [0.717, 1.165) is 41.3 Å². The molecular formula is C21H28ClN6O+. The van der Waals surface area contributed by atoms with Gasteiger partial charge in [-0.1, -0.05) is 23.0 Å². The van der Waals surface area contributed by atoms with Gasteiger partial charge in [0.1, 0.15) is 5.75 Å². The Morgan fingerprint density at radius 3 is 2.83 bits per heavy atom. The van der Waals surface area contributed by atoms with E-state index in [9.17, 15) is 0 Å². The molecule has 0 atom stereocenters. The number of halogens is 1. The van der Waals surface area contributed by atoms with Gasteiger partial charge >= 0.3 is 11.6 Å². The fourth-order valence-electron chi connectivity index (χ4n) is 3.69. The highest BCUT2D eigenvalue weighted by atomic mass is 35.5. The number of anilines is 2. The Kier molecular flexibility index (Phi) is 6.16. The van der Waals surface area contributed by atoms with Gasteiger partial charge in [-0.2, -0.15) is 4.98 Å². The number of aromatic nitrogens is 4. The number of nitrogens with one attached hydrogen (secondary N) is 3. The van der Waals surface area contributed by atoms with Crippen molar-refractivity contribution < 1.29 is 9.72 Å². The Bertz CT molecular complexity index is 967. The summed E-state index contributed by atoms with van der Waals surface area (Å²) in [4.78, 5) is 18.3. The van der Waals surface area contributed by atoms with Crippen LogP contribution in [0.15, 0.2) is 24.5 Å². The molecule has 3 aromatic rings. The van der Waals surface area contributed by atoms with Gasteiger partial charge in [0.05, 0.1) is 22.5 Å². The van der Waals surface area contributed by atoms with Gasteiger partial charge < -0.3 is 15.0 Å². The number of hydrogen-bond donors (Lipinski definition) is 2. The fourth-order valence-corrected chi connectivity index (χ4v) is 3.90. The fraction of sp³-hybridized carbons (Fsp3) is 0.476. The average molecular weight is 416 g/mol. The maximum atomic E-state index is 6.44. The van der Waals surface area contributed by atoms with Crippen molar-refractivity contribution in [3.05, 3.63) is 35.2 Å². The third-order valence-electron chi connectivity index (χ3n) is 5.08. The number of likely N-dealkylation sites (tertiary alicyclic amines) is 1. The van der Waals surface area contributed by atoms with Crippen molar-refractivity contribution in [2.45, 2.75) is 45.6 Å². The van der Waals surface area contributed by atoms with Crippen LogP contribution in [-0.2, 0) is 6.42 Å². The number of hydrogen-bond acceptors (Lipinski definition) is 5. The van der Waals surface area contributed by atoms with Crippen LogP contribution in [0.3, 0.4) is 0 Å². The van der Waals surface area contributed by atoms with E-state index in [1.54, 1.807) is 6.33 Å². The van der Waals surface area contributed by atoms with Crippen LogP contribution in [-0.4, -0.2) is 45.6 Å². The van der Waals surface area contributed by atoms with Crippen LogP contribution < -0.4 is 15.0 Å². The predicted molar refractivity (Wildman–Crippen MR) is 115 cm³/mol.